The number of rotatable bonds is 1. The quantitative estimate of drug-likeness (QED) is 0.578. The van der Waals surface area contributed by atoms with Crippen LogP contribution in [0.2, 0.25) is 0 Å². The van der Waals surface area contributed by atoms with Crippen LogP contribution >= 0.6 is 15.9 Å². The molecule has 1 atom stereocenters. The van der Waals surface area contributed by atoms with Gasteiger partial charge in [0.25, 0.3) is 12.0 Å². The Kier molecular flexibility index (Phi) is 2.31. The lowest BCUT2D eigenvalue weighted by atomic mass is 10.2. The zero-order valence-corrected chi connectivity index (χ0v) is 8.82. The summed E-state index contributed by atoms with van der Waals surface area (Å²) < 4.78 is 5.49. The van der Waals surface area contributed by atoms with Crippen LogP contribution in [-0.4, -0.2) is 28.1 Å². The number of nitrogens with one attached hydrogen (secondary N) is 1. The molecule has 0 saturated heterocycles. The summed E-state index contributed by atoms with van der Waals surface area (Å²) in [6, 6.07) is 3.12. The normalized spacial score (nSPS) is 18.7. The van der Waals surface area contributed by atoms with E-state index in [2.05, 4.69) is 26.2 Å². The van der Waals surface area contributed by atoms with Gasteiger partial charge in [-0.3, -0.25) is 4.79 Å². The van der Waals surface area contributed by atoms with Crippen LogP contribution < -0.4 is 10.1 Å². The predicted molar refractivity (Wildman–Crippen MR) is 52.6 cm³/mol. The van der Waals surface area contributed by atoms with Crippen LogP contribution in [0.25, 0.3) is 0 Å². The molecule has 1 aromatic rings. The Morgan fingerprint density at radius 3 is 3.00 bits per heavy atom. The number of carbonyl (C=O) groups is 2. The van der Waals surface area contributed by atoms with Gasteiger partial charge in [-0.25, -0.2) is 9.78 Å². The van der Waals surface area contributed by atoms with Gasteiger partial charge in [-0.2, -0.15) is 0 Å². The molecule has 15 heavy (non-hydrogen) atoms. The standard InChI is InChI=1S/C8H5BrN2O4/c9-4-2-1-3-6(10-4)11-7(12)5(15-3)8(13)14/h1-2,5H,(H,13,14)(H,10,11,12). The lowest BCUT2D eigenvalue weighted by molar-refractivity contribution is -0.149. The summed E-state index contributed by atoms with van der Waals surface area (Å²) in [6.45, 7) is 0. The summed E-state index contributed by atoms with van der Waals surface area (Å²) in [6.07, 6.45) is -1.51. The van der Waals surface area contributed by atoms with E-state index in [0.717, 1.165) is 0 Å². The Morgan fingerprint density at radius 2 is 2.33 bits per heavy atom. The number of anilines is 1. The molecule has 0 radical (unpaired) electrons. The van der Waals surface area contributed by atoms with Crippen molar-refractivity contribution < 1.29 is 19.4 Å². The minimum atomic E-state index is -1.51. The molecule has 0 saturated carbocycles. The molecule has 0 aliphatic carbocycles. The van der Waals surface area contributed by atoms with Crippen molar-refractivity contribution >= 4 is 33.6 Å². The van der Waals surface area contributed by atoms with Crippen LogP contribution in [0.3, 0.4) is 0 Å². The molecule has 78 valence electrons. The summed E-state index contributed by atoms with van der Waals surface area (Å²) in [5.74, 6) is -1.61. The highest BCUT2D eigenvalue weighted by Gasteiger charge is 2.34. The third-order valence-electron chi connectivity index (χ3n) is 1.77. The number of pyridine rings is 1. The maximum Gasteiger partial charge on any atom is 0.354 e. The number of carboxylic acids is 1. The van der Waals surface area contributed by atoms with E-state index in [-0.39, 0.29) is 11.6 Å². The molecule has 1 amide bonds. The third kappa shape index (κ3) is 1.78. The van der Waals surface area contributed by atoms with Crippen molar-refractivity contribution in [2.75, 3.05) is 5.32 Å². The van der Waals surface area contributed by atoms with Crippen LogP contribution in [-0.2, 0) is 9.59 Å². The first-order valence-corrected chi connectivity index (χ1v) is 4.74. The number of hydrogen-bond donors (Lipinski definition) is 2. The topological polar surface area (TPSA) is 88.5 Å². The Labute approximate surface area is 92.4 Å². The van der Waals surface area contributed by atoms with Gasteiger partial charge in [0.05, 0.1) is 0 Å². The van der Waals surface area contributed by atoms with Crippen molar-refractivity contribution in [3.8, 4) is 5.75 Å². The Morgan fingerprint density at radius 1 is 1.60 bits per heavy atom. The zero-order valence-electron chi connectivity index (χ0n) is 7.23. The second-order valence-electron chi connectivity index (χ2n) is 2.81. The zero-order chi connectivity index (χ0) is 11.0. The molecule has 0 fully saturated rings. The van der Waals surface area contributed by atoms with Crippen molar-refractivity contribution in [3.63, 3.8) is 0 Å². The minimum absolute atomic E-state index is 0.215. The molecule has 7 heteroatoms. The van der Waals surface area contributed by atoms with E-state index in [1.165, 1.54) is 6.07 Å². The van der Waals surface area contributed by atoms with Crippen LogP contribution in [0.4, 0.5) is 5.82 Å². The van der Waals surface area contributed by atoms with Crippen molar-refractivity contribution in [2.45, 2.75) is 6.10 Å². The molecule has 2 N–H and O–H groups in total. The fourth-order valence-corrected chi connectivity index (χ4v) is 1.44. The smallest absolute Gasteiger partial charge is 0.354 e. The van der Waals surface area contributed by atoms with Gasteiger partial charge in [-0.05, 0) is 28.1 Å². The monoisotopic (exact) mass is 272 g/mol. The first-order valence-electron chi connectivity index (χ1n) is 3.95. The van der Waals surface area contributed by atoms with Crippen molar-refractivity contribution in [1.29, 1.82) is 0 Å². The first-order chi connectivity index (χ1) is 7.08. The highest BCUT2D eigenvalue weighted by atomic mass is 79.9. The van der Waals surface area contributed by atoms with Crippen LogP contribution in [0.15, 0.2) is 16.7 Å². The molecular weight excluding hydrogens is 268 g/mol. The number of amides is 1. The largest absolute Gasteiger partial charge is 0.478 e. The Bertz CT molecular complexity index is 448. The lowest BCUT2D eigenvalue weighted by Gasteiger charge is -2.21. The molecule has 2 rings (SSSR count). The van der Waals surface area contributed by atoms with Gasteiger partial charge in [-0.1, -0.05) is 0 Å². The fourth-order valence-electron chi connectivity index (χ4n) is 1.13. The molecule has 1 aliphatic rings. The van der Waals surface area contributed by atoms with E-state index < -0.39 is 18.0 Å². The van der Waals surface area contributed by atoms with Gasteiger partial charge in [0.15, 0.2) is 11.6 Å². The molecule has 1 aliphatic heterocycles. The number of hydrogen-bond acceptors (Lipinski definition) is 4. The Hall–Kier alpha value is -1.63. The fraction of sp³-hybridized carbons (Fsp3) is 0.125. The van der Waals surface area contributed by atoms with E-state index in [4.69, 9.17) is 9.84 Å². The number of aromatic nitrogens is 1. The van der Waals surface area contributed by atoms with E-state index in [1.54, 1.807) is 6.07 Å². The summed E-state index contributed by atoms with van der Waals surface area (Å²) in [5, 5.41) is 11.0. The second kappa shape index (κ2) is 3.50. The van der Waals surface area contributed by atoms with Gasteiger partial charge in [0, 0.05) is 0 Å². The number of fused-ring (bicyclic) bond motifs is 1. The van der Waals surface area contributed by atoms with Gasteiger partial charge in [-0.15, -0.1) is 0 Å². The molecule has 1 unspecified atom stereocenters. The highest BCUT2D eigenvalue weighted by molar-refractivity contribution is 9.10. The van der Waals surface area contributed by atoms with E-state index in [1.807, 2.05) is 0 Å². The minimum Gasteiger partial charge on any atom is -0.478 e. The second-order valence-corrected chi connectivity index (χ2v) is 3.62. The number of aliphatic carboxylic acids is 1. The maximum absolute atomic E-state index is 11.2. The van der Waals surface area contributed by atoms with Gasteiger partial charge in [0.2, 0.25) is 0 Å². The van der Waals surface area contributed by atoms with Gasteiger partial charge in [0.1, 0.15) is 4.60 Å². The number of ether oxygens (including phenoxy) is 1. The van der Waals surface area contributed by atoms with Crippen LogP contribution in [0.1, 0.15) is 0 Å². The molecule has 0 spiro atoms. The van der Waals surface area contributed by atoms with Crippen LogP contribution in [0.5, 0.6) is 5.75 Å². The van der Waals surface area contributed by atoms with E-state index in [0.29, 0.717) is 4.60 Å². The first kappa shape index (κ1) is 9.91. The molecule has 6 nitrogen and oxygen atoms in total. The van der Waals surface area contributed by atoms with E-state index >= 15 is 0 Å². The summed E-state index contributed by atoms with van der Waals surface area (Å²) >= 11 is 3.12. The summed E-state index contributed by atoms with van der Waals surface area (Å²) in [4.78, 5) is 25.8. The number of halogens is 1. The van der Waals surface area contributed by atoms with Gasteiger partial charge >= 0.3 is 5.97 Å². The van der Waals surface area contributed by atoms with Gasteiger partial charge < -0.3 is 15.2 Å². The van der Waals surface area contributed by atoms with Crippen molar-refractivity contribution in [2.24, 2.45) is 0 Å². The molecule has 2 heterocycles. The SMILES string of the molecule is O=C(O)C1Oc2ccc(Br)nc2NC1=O. The molecule has 1 aromatic heterocycles. The third-order valence-corrected chi connectivity index (χ3v) is 2.21. The highest BCUT2D eigenvalue weighted by Crippen LogP contribution is 2.28. The van der Waals surface area contributed by atoms with Crippen molar-refractivity contribution in [3.05, 3.63) is 16.7 Å². The Balaban J connectivity index is 2.38. The average Bonchev–Trinajstić information content (AvgIpc) is 2.15. The van der Waals surface area contributed by atoms with Crippen molar-refractivity contribution in [1.82, 2.24) is 4.98 Å². The van der Waals surface area contributed by atoms with Crippen LogP contribution in [0, 0.1) is 0 Å². The predicted octanol–water partition coefficient (Wildman–Crippen LogP) is 0.628. The van der Waals surface area contributed by atoms with E-state index in [9.17, 15) is 9.59 Å². The maximum atomic E-state index is 11.2. The summed E-state index contributed by atoms with van der Waals surface area (Å²) in [5.41, 5.74) is 0. The molecule has 0 bridgehead atoms. The number of nitrogens with zero attached hydrogens (tertiary/aromatic N) is 1. The molecular formula is C8H5BrN2O4. The molecule has 0 aromatic carbocycles. The number of carbonyl (C=O) groups excluding carboxylic acids is 1. The average molecular weight is 273 g/mol. The lowest BCUT2D eigenvalue weighted by Crippen LogP contribution is -2.43. The number of carboxylic acid groups (broad SMARTS) is 1. The summed E-state index contributed by atoms with van der Waals surface area (Å²) in [7, 11) is 0.